The first-order chi connectivity index (χ1) is 13.3. The fourth-order valence-electron chi connectivity index (χ4n) is 2.97. The SMILES string of the molecule is CCOC(=O)Cn1c(=NC(=O)c2cc(C)nn2C(C)C)sc2cc(C)ccc21. The molecule has 0 saturated heterocycles. The Morgan fingerprint density at radius 3 is 2.68 bits per heavy atom. The summed E-state index contributed by atoms with van der Waals surface area (Å²) in [4.78, 5) is 29.8. The zero-order valence-electron chi connectivity index (χ0n) is 16.7. The van der Waals surface area contributed by atoms with Crippen LogP contribution in [0.15, 0.2) is 29.3 Å². The second-order valence-corrected chi connectivity index (χ2v) is 7.88. The second kappa shape index (κ2) is 8.10. The van der Waals surface area contributed by atoms with Crippen LogP contribution in [0, 0.1) is 13.8 Å². The van der Waals surface area contributed by atoms with Gasteiger partial charge in [0, 0.05) is 6.04 Å². The predicted octanol–water partition coefficient (Wildman–Crippen LogP) is 3.40. The molecule has 0 aliphatic carbocycles. The molecule has 0 unspecified atom stereocenters. The topological polar surface area (TPSA) is 78.5 Å². The van der Waals surface area contributed by atoms with Gasteiger partial charge in [0.2, 0.25) is 0 Å². The largest absolute Gasteiger partial charge is 0.465 e. The quantitative estimate of drug-likeness (QED) is 0.615. The van der Waals surface area contributed by atoms with Crippen LogP contribution in [-0.2, 0) is 16.1 Å². The van der Waals surface area contributed by atoms with Crippen LogP contribution < -0.4 is 4.80 Å². The highest BCUT2D eigenvalue weighted by atomic mass is 32.1. The van der Waals surface area contributed by atoms with Crippen LogP contribution in [-0.4, -0.2) is 32.8 Å². The van der Waals surface area contributed by atoms with Crippen molar-refractivity contribution in [2.45, 2.75) is 47.2 Å². The second-order valence-electron chi connectivity index (χ2n) is 6.87. The van der Waals surface area contributed by atoms with E-state index >= 15 is 0 Å². The number of nitrogens with zero attached hydrogens (tertiary/aromatic N) is 4. The molecule has 8 heteroatoms. The molecule has 1 aromatic carbocycles. The van der Waals surface area contributed by atoms with E-state index in [1.807, 2.05) is 45.9 Å². The Kier molecular flexibility index (Phi) is 5.79. The number of hydrogen-bond donors (Lipinski definition) is 0. The standard InChI is InChI=1S/C20H24N4O3S/c1-6-27-18(25)11-23-15-8-7-13(4)9-17(15)28-20(23)21-19(26)16-10-14(5)22-24(16)12(2)3/h7-10,12H,6,11H2,1-5H3. The number of esters is 1. The van der Waals surface area contributed by atoms with E-state index in [2.05, 4.69) is 10.1 Å². The lowest BCUT2D eigenvalue weighted by Crippen LogP contribution is -2.23. The Morgan fingerprint density at radius 2 is 2.00 bits per heavy atom. The molecule has 0 aliphatic heterocycles. The summed E-state index contributed by atoms with van der Waals surface area (Å²) in [5.74, 6) is -0.741. The number of ether oxygens (including phenoxy) is 1. The van der Waals surface area contributed by atoms with Gasteiger partial charge in [-0.25, -0.2) is 0 Å². The van der Waals surface area contributed by atoms with Crippen molar-refractivity contribution >= 4 is 33.4 Å². The van der Waals surface area contributed by atoms with Gasteiger partial charge in [-0.1, -0.05) is 17.4 Å². The van der Waals surface area contributed by atoms with Gasteiger partial charge < -0.3 is 9.30 Å². The van der Waals surface area contributed by atoms with Gasteiger partial charge in [-0.15, -0.1) is 0 Å². The van der Waals surface area contributed by atoms with Crippen LogP contribution in [0.3, 0.4) is 0 Å². The minimum Gasteiger partial charge on any atom is -0.465 e. The lowest BCUT2D eigenvalue weighted by atomic mass is 10.2. The van der Waals surface area contributed by atoms with Gasteiger partial charge in [0.15, 0.2) is 4.80 Å². The fourth-order valence-corrected chi connectivity index (χ4v) is 4.09. The first kappa shape index (κ1) is 20.0. The fraction of sp³-hybridized carbons (Fsp3) is 0.400. The molecule has 0 fully saturated rings. The van der Waals surface area contributed by atoms with Crippen LogP contribution >= 0.6 is 11.3 Å². The Hall–Kier alpha value is -2.74. The van der Waals surface area contributed by atoms with Crippen LogP contribution in [0.2, 0.25) is 0 Å². The number of carbonyl (C=O) groups excluding carboxylic acids is 2. The molecule has 0 bridgehead atoms. The number of amides is 1. The number of benzene rings is 1. The average molecular weight is 401 g/mol. The molecule has 1 amide bonds. The van der Waals surface area contributed by atoms with E-state index in [-0.39, 0.29) is 24.5 Å². The first-order valence-corrected chi connectivity index (χ1v) is 10.0. The number of thiazole rings is 1. The highest BCUT2D eigenvalue weighted by Gasteiger charge is 2.17. The molecular weight excluding hydrogens is 376 g/mol. The highest BCUT2D eigenvalue weighted by molar-refractivity contribution is 7.16. The zero-order chi connectivity index (χ0) is 20.4. The summed E-state index contributed by atoms with van der Waals surface area (Å²) in [5.41, 5.74) is 3.15. The summed E-state index contributed by atoms with van der Waals surface area (Å²) in [7, 11) is 0. The number of aryl methyl sites for hydroxylation is 2. The summed E-state index contributed by atoms with van der Waals surface area (Å²) >= 11 is 1.38. The van der Waals surface area contributed by atoms with Gasteiger partial charge in [0.25, 0.3) is 5.91 Å². The highest BCUT2D eigenvalue weighted by Crippen LogP contribution is 2.19. The summed E-state index contributed by atoms with van der Waals surface area (Å²) in [5, 5.41) is 4.38. The molecule has 28 heavy (non-hydrogen) atoms. The number of fused-ring (bicyclic) bond motifs is 1. The molecule has 0 aliphatic rings. The number of carbonyl (C=O) groups is 2. The van der Waals surface area contributed by atoms with E-state index < -0.39 is 0 Å². The summed E-state index contributed by atoms with van der Waals surface area (Å²) < 4.78 is 9.46. The Morgan fingerprint density at radius 1 is 1.25 bits per heavy atom. The lowest BCUT2D eigenvalue weighted by Gasteiger charge is -2.08. The number of aromatic nitrogens is 3. The summed E-state index contributed by atoms with van der Waals surface area (Å²) in [6.45, 7) is 9.85. The molecular formula is C20H24N4O3S. The molecule has 0 atom stereocenters. The first-order valence-electron chi connectivity index (χ1n) is 9.21. The summed E-state index contributed by atoms with van der Waals surface area (Å²) in [6.07, 6.45) is 0. The molecule has 7 nitrogen and oxygen atoms in total. The van der Waals surface area contributed by atoms with Crippen LogP contribution in [0.25, 0.3) is 10.2 Å². The van der Waals surface area contributed by atoms with Crippen molar-refractivity contribution in [2.24, 2.45) is 4.99 Å². The van der Waals surface area contributed by atoms with Gasteiger partial charge in [-0.2, -0.15) is 10.1 Å². The van der Waals surface area contributed by atoms with E-state index in [4.69, 9.17) is 4.74 Å². The predicted molar refractivity (Wildman–Crippen MR) is 108 cm³/mol. The molecule has 0 saturated carbocycles. The van der Waals surface area contributed by atoms with Gasteiger partial charge in [-0.05, 0) is 58.4 Å². The van der Waals surface area contributed by atoms with Gasteiger partial charge in [0.05, 0.1) is 22.5 Å². The molecule has 3 rings (SSSR count). The number of rotatable bonds is 5. The zero-order valence-corrected chi connectivity index (χ0v) is 17.5. The van der Waals surface area contributed by atoms with Crippen molar-refractivity contribution < 1.29 is 14.3 Å². The number of hydrogen-bond acceptors (Lipinski definition) is 5. The van der Waals surface area contributed by atoms with Crippen molar-refractivity contribution in [3.05, 3.63) is 46.0 Å². The molecule has 148 valence electrons. The Bertz CT molecular complexity index is 1100. The molecule has 0 N–H and O–H groups in total. The molecule has 0 radical (unpaired) electrons. The smallest absolute Gasteiger partial charge is 0.326 e. The van der Waals surface area contributed by atoms with Crippen molar-refractivity contribution in [3.63, 3.8) is 0 Å². The lowest BCUT2D eigenvalue weighted by molar-refractivity contribution is -0.143. The average Bonchev–Trinajstić information content (AvgIpc) is 3.16. The van der Waals surface area contributed by atoms with E-state index in [0.717, 1.165) is 21.5 Å². The van der Waals surface area contributed by atoms with E-state index in [0.29, 0.717) is 17.1 Å². The summed E-state index contributed by atoms with van der Waals surface area (Å²) in [6, 6.07) is 7.71. The van der Waals surface area contributed by atoms with Crippen LogP contribution in [0.5, 0.6) is 0 Å². The van der Waals surface area contributed by atoms with Crippen LogP contribution in [0.4, 0.5) is 0 Å². The van der Waals surface area contributed by atoms with Gasteiger partial charge in [-0.3, -0.25) is 14.3 Å². The third-order valence-electron chi connectivity index (χ3n) is 4.19. The minimum atomic E-state index is -0.379. The maximum absolute atomic E-state index is 12.9. The molecule has 2 aromatic heterocycles. The Labute approximate surface area is 167 Å². The Balaban J connectivity index is 2.13. The van der Waals surface area contributed by atoms with Crippen LogP contribution in [0.1, 0.15) is 48.6 Å². The van der Waals surface area contributed by atoms with Crippen molar-refractivity contribution in [2.75, 3.05) is 6.61 Å². The van der Waals surface area contributed by atoms with E-state index in [1.54, 1.807) is 22.2 Å². The third-order valence-corrected chi connectivity index (χ3v) is 5.24. The maximum Gasteiger partial charge on any atom is 0.326 e. The van der Waals surface area contributed by atoms with Crippen molar-refractivity contribution in [3.8, 4) is 0 Å². The minimum absolute atomic E-state index is 0.00544. The van der Waals surface area contributed by atoms with Crippen molar-refractivity contribution in [1.82, 2.24) is 14.3 Å². The molecule has 3 aromatic rings. The molecule has 0 spiro atoms. The normalized spacial score (nSPS) is 12.1. The van der Waals surface area contributed by atoms with E-state index in [1.165, 1.54) is 11.3 Å². The van der Waals surface area contributed by atoms with Crippen molar-refractivity contribution in [1.29, 1.82) is 0 Å². The van der Waals surface area contributed by atoms with E-state index in [9.17, 15) is 9.59 Å². The third kappa shape index (κ3) is 4.06. The van der Waals surface area contributed by atoms with Gasteiger partial charge >= 0.3 is 5.97 Å². The monoisotopic (exact) mass is 400 g/mol. The molecule has 2 heterocycles. The maximum atomic E-state index is 12.9. The van der Waals surface area contributed by atoms with Gasteiger partial charge in [0.1, 0.15) is 12.2 Å².